The predicted molar refractivity (Wildman–Crippen MR) is 71.6 cm³/mol. The molecule has 0 spiro atoms. The van der Waals surface area contributed by atoms with Crippen molar-refractivity contribution in [2.24, 2.45) is 23.5 Å². The van der Waals surface area contributed by atoms with Gasteiger partial charge in [-0.25, -0.2) is 0 Å². The minimum Gasteiger partial charge on any atom is -0.356 e. The molecule has 1 aliphatic carbocycles. The number of hydrogen-bond donors (Lipinski definition) is 2. The van der Waals surface area contributed by atoms with Crippen molar-refractivity contribution in [1.29, 1.82) is 0 Å². The van der Waals surface area contributed by atoms with E-state index in [-0.39, 0.29) is 11.8 Å². The molecule has 1 saturated carbocycles. The van der Waals surface area contributed by atoms with Crippen LogP contribution < -0.4 is 11.1 Å². The Morgan fingerprint density at radius 2 is 1.94 bits per heavy atom. The second-order valence-corrected chi connectivity index (χ2v) is 5.78. The highest BCUT2D eigenvalue weighted by molar-refractivity contribution is 5.78. The van der Waals surface area contributed by atoms with E-state index in [0.29, 0.717) is 5.92 Å². The van der Waals surface area contributed by atoms with Crippen molar-refractivity contribution in [3.63, 3.8) is 0 Å². The number of nitrogens with one attached hydrogen (secondary N) is 1. The fraction of sp³-hybridized carbons (Fsp3) is 0.929. The lowest BCUT2D eigenvalue weighted by Gasteiger charge is -2.26. The smallest absolute Gasteiger partial charge is 0.223 e. The van der Waals surface area contributed by atoms with Gasteiger partial charge in [-0.15, -0.1) is 0 Å². The molecule has 0 aliphatic heterocycles. The Hall–Kier alpha value is -0.570. The van der Waals surface area contributed by atoms with Gasteiger partial charge in [0.2, 0.25) is 5.91 Å². The van der Waals surface area contributed by atoms with Crippen molar-refractivity contribution < 1.29 is 4.79 Å². The Kier molecular flexibility index (Phi) is 6.56. The zero-order valence-corrected chi connectivity index (χ0v) is 11.4. The fourth-order valence-electron chi connectivity index (χ4n) is 2.53. The van der Waals surface area contributed by atoms with Gasteiger partial charge in [-0.05, 0) is 56.9 Å². The molecule has 3 nitrogen and oxygen atoms in total. The standard InChI is InChI=1S/C14H28N2O/c1-11(2)4-3-9-16-14(17)13-7-5-12(10-15)6-8-13/h11-13H,3-10,15H2,1-2H3,(H,16,17). The van der Waals surface area contributed by atoms with Gasteiger partial charge in [0.25, 0.3) is 0 Å². The highest BCUT2D eigenvalue weighted by Gasteiger charge is 2.25. The van der Waals surface area contributed by atoms with Gasteiger partial charge >= 0.3 is 0 Å². The molecule has 0 aromatic heterocycles. The summed E-state index contributed by atoms with van der Waals surface area (Å²) in [6, 6.07) is 0. The Morgan fingerprint density at radius 3 is 2.47 bits per heavy atom. The van der Waals surface area contributed by atoms with Crippen molar-refractivity contribution in [1.82, 2.24) is 5.32 Å². The molecule has 0 heterocycles. The number of rotatable bonds is 6. The number of nitrogens with two attached hydrogens (primary N) is 1. The average Bonchev–Trinajstić information content (AvgIpc) is 2.34. The quantitative estimate of drug-likeness (QED) is 0.700. The normalized spacial score (nSPS) is 24.9. The van der Waals surface area contributed by atoms with Gasteiger partial charge in [0, 0.05) is 12.5 Å². The molecule has 1 aliphatic rings. The minimum absolute atomic E-state index is 0.247. The van der Waals surface area contributed by atoms with E-state index >= 15 is 0 Å². The van der Waals surface area contributed by atoms with Gasteiger partial charge in [0.1, 0.15) is 0 Å². The van der Waals surface area contributed by atoms with E-state index in [1.165, 1.54) is 6.42 Å². The third-order valence-electron chi connectivity index (χ3n) is 3.81. The van der Waals surface area contributed by atoms with Crippen LogP contribution >= 0.6 is 0 Å². The maximum Gasteiger partial charge on any atom is 0.223 e. The van der Waals surface area contributed by atoms with Crippen molar-refractivity contribution in [3.05, 3.63) is 0 Å². The lowest BCUT2D eigenvalue weighted by molar-refractivity contribution is -0.126. The third-order valence-corrected chi connectivity index (χ3v) is 3.81. The largest absolute Gasteiger partial charge is 0.356 e. The van der Waals surface area contributed by atoms with Gasteiger partial charge in [-0.1, -0.05) is 13.8 Å². The van der Waals surface area contributed by atoms with Crippen molar-refractivity contribution in [2.75, 3.05) is 13.1 Å². The molecule has 0 bridgehead atoms. The van der Waals surface area contributed by atoms with Crippen LogP contribution in [-0.2, 0) is 4.79 Å². The monoisotopic (exact) mass is 240 g/mol. The number of carbonyl (C=O) groups excluding carboxylic acids is 1. The first-order valence-electron chi connectivity index (χ1n) is 7.11. The van der Waals surface area contributed by atoms with Crippen LogP contribution in [0, 0.1) is 17.8 Å². The molecule has 3 heteroatoms. The van der Waals surface area contributed by atoms with Crippen molar-refractivity contribution >= 4 is 5.91 Å². The summed E-state index contributed by atoms with van der Waals surface area (Å²) in [5.74, 6) is 1.90. The third kappa shape index (κ3) is 5.53. The van der Waals surface area contributed by atoms with Crippen LogP contribution in [0.5, 0.6) is 0 Å². The summed E-state index contributed by atoms with van der Waals surface area (Å²) in [4.78, 5) is 11.9. The molecule has 0 unspecified atom stereocenters. The van der Waals surface area contributed by atoms with Gasteiger partial charge in [0.15, 0.2) is 0 Å². The maximum absolute atomic E-state index is 11.9. The second kappa shape index (κ2) is 7.70. The summed E-state index contributed by atoms with van der Waals surface area (Å²) in [7, 11) is 0. The zero-order valence-electron chi connectivity index (χ0n) is 11.4. The highest BCUT2D eigenvalue weighted by atomic mass is 16.1. The molecule has 17 heavy (non-hydrogen) atoms. The Balaban J connectivity index is 2.12. The summed E-state index contributed by atoms with van der Waals surface area (Å²) in [6.07, 6.45) is 6.60. The van der Waals surface area contributed by atoms with Crippen LogP contribution in [0.1, 0.15) is 52.4 Å². The molecule has 0 saturated heterocycles. The molecule has 0 atom stereocenters. The van der Waals surface area contributed by atoms with E-state index < -0.39 is 0 Å². The molecule has 0 aromatic carbocycles. The second-order valence-electron chi connectivity index (χ2n) is 5.78. The minimum atomic E-state index is 0.247. The first kappa shape index (κ1) is 14.5. The van der Waals surface area contributed by atoms with Gasteiger partial charge < -0.3 is 11.1 Å². The lowest BCUT2D eigenvalue weighted by Crippen LogP contribution is -2.34. The molecular weight excluding hydrogens is 212 g/mol. The van der Waals surface area contributed by atoms with E-state index in [4.69, 9.17) is 5.73 Å². The first-order valence-corrected chi connectivity index (χ1v) is 7.11. The summed E-state index contributed by atoms with van der Waals surface area (Å²) in [6.45, 7) is 6.06. The van der Waals surface area contributed by atoms with E-state index in [2.05, 4.69) is 19.2 Å². The van der Waals surface area contributed by atoms with Crippen molar-refractivity contribution in [2.45, 2.75) is 52.4 Å². The average molecular weight is 240 g/mol. The van der Waals surface area contributed by atoms with Crippen LogP contribution in [0.25, 0.3) is 0 Å². The predicted octanol–water partition coefficient (Wildman–Crippen LogP) is 2.30. The molecule has 1 rings (SSSR count). The summed E-state index contributed by atoms with van der Waals surface area (Å²) in [5.41, 5.74) is 5.65. The summed E-state index contributed by atoms with van der Waals surface area (Å²) >= 11 is 0. The van der Waals surface area contributed by atoms with Crippen LogP contribution in [-0.4, -0.2) is 19.0 Å². The van der Waals surface area contributed by atoms with Crippen molar-refractivity contribution in [3.8, 4) is 0 Å². The zero-order chi connectivity index (χ0) is 12.7. The van der Waals surface area contributed by atoms with Crippen LogP contribution in [0.4, 0.5) is 0 Å². The molecule has 0 aromatic rings. The Morgan fingerprint density at radius 1 is 1.29 bits per heavy atom. The SMILES string of the molecule is CC(C)CCCNC(=O)C1CCC(CN)CC1. The van der Waals surface area contributed by atoms with E-state index in [1.807, 2.05) is 0 Å². The molecule has 1 fully saturated rings. The van der Waals surface area contributed by atoms with E-state index in [1.54, 1.807) is 0 Å². The molecule has 1 amide bonds. The highest BCUT2D eigenvalue weighted by Crippen LogP contribution is 2.28. The van der Waals surface area contributed by atoms with Crippen LogP contribution in [0.15, 0.2) is 0 Å². The Labute approximate surface area is 106 Å². The number of amides is 1. The molecule has 100 valence electrons. The first-order chi connectivity index (χ1) is 8.13. The number of carbonyl (C=O) groups is 1. The summed E-state index contributed by atoms with van der Waals surface area (Å²) < 4.78 is 0. The molecule has 0 radical (unpaired) electrons. The topological polar surface area (TPSA) is 55.1 Å². The van der Waals surface area contributed by atoms with E-state index in [9.17, 15) is 4.79 Å². The van der Waals surface area contributed by atoms with Gasteiger partial charge in [-0.3, -0.25) is 4.79 Å². The molecular formula is C14H28N2O. The fourth-order valence-corrected chi connectivity index (χ4v) is 2.53. The molecule has 3 N–H and O–H groups in total. The van der Waals surface area contributed by atoms with E-state index in [0.717, 1.165) is 51.1 Å². The van der Waals surface area contributed by atoms with Gasteiger partial charge in [0.05, 0.1) is 0 Å². The Bertz CT molecular complexity index is 220. The van der Waals surface area contributed by atoms with Gasteiger partial charge in [-0.2, -0.15) is 0 Å². The van der Waals surface area contributed by atoms with Crippen LogP contribution in [0.3, 0.4) is 0 Å². The van der Waals surface area contributed by atoms with Crippen LogP contribution in [0.2, 0.25) is 0 Å². The number of hydrogen-bond acceptors (Lipinski definition) is 2. The lowest BCUT2D eigenvalue weighted by atomic mass is 9.81. The summed E-state index contributed by atoms with van der Waals surface area (Å²) in [5, 5.41) is 3.07. The maximum atomic E-state index is 11.9.